The maximum absolute atomic E-state index is 12.1. The van der Waals surface area contributed by atoms with E-state index >= 15 is 0 Å². The smallest absolute Gasteiger partial charge is 0.252 e. The molecule has 1 unspecified atom stereocenters. The molecule has 4 nitrogen and oxygen atoms in total. The summed E-state index contributed by atoms with van der Waals surface area (Å²) < 4.78 is 0. The van der Waals surface area contributed by atoms with Gasteiger partial charge in [-0.2, -0.15) is 0 Å². The van der Waals surface area contributed by atoms with E-state index in [1.54, 1.807) is 7.05 Å². The van der Waals surface area contributed by atoms with Gasteiger partial charge >= 0.3 is 0 Å². The molecule has 2 aliphatic carbocycles. The van der Waals surface area contributed by atoms with E-state index < -0.39 is 6.10 Å². The molecule has 2 aliphatic rings. The number of hydrogen-bond acceptors (Lipinski definition) is 4. The van der Waals surface area contributed by atoms with E-state index in [9.17, 15) is 14.7 Å². The third-order valence-corrected chi connectivity index (χ3v) is 5.47. The molecule has 0 aliphatic heterocycles. The van der Waals surface area contributed by atoms with Gasteiger partial charge in [0, 0.05) is 29.1 Å². The lowest BCUT2D eigenvalue weighted by atomic mass is 9.92. The van der Waals surface area contributed by atoms with Crippen molar-refractivity contribution < 1.29 is 14.7 Å². The first-order chi connectivity index (χ1) is 9.61. The summed E-state index contributed by atoms with van der Waals surface area (Å²) >= 11 is 1.46. The van der Waals surface area contributed by atoms with Crippen LogP contribution in [0.1, 0.15) is 57.5 Å². The van der Waals surface area contributed by atoms with Gasteiger partial charge in [-0.25, -0.2) is 0 Å². The second-order valence-corrected chi connectivity index (χ2v) is 6.78. The van der Waals surface area contributed by atoms with Gasteiger partial charge < -0.3 is 10.4 Å². The minimum absolute atomic E-state index is 0.129. The van der Waals surface area contributed by atoms with E-state index in [0.717, 1.165) is 47.4 Å². The molecule has 1 atom stereocenters. The van der Waals surface area contributed by atoms with Gasteiger partial charge in [-0.05, 0) is 37.7 Å². The predicted molar refractivity (Wildman–Crippen MR) is 77.0 cm³/mol. The fourth-order valence-corrected chi connectivity index (χ4v) is 4.26. The van der Waals surface area contributed by atoms with E-state index in [4.69, 9.17) is 0 Å². The number of carbonyl (C=O) groups is 2. The highest BCUT2D eigenvalue weighted by molar-refractivity contribution is 7.12. The molecular weight excluding hydrogens is 274 g/mol. The molecule has 108 valence electrons. The third kappa shape index (κ3) is 2.40. The lowest BCUT2D eigenvalue weighted by molar-refractivity contribution is -0.119. The average Bonchev–Trinajstić information content (AvgIpc) is 3.21. The van der Waals surface area contributed by atoms with Crippen LogP contribution in [-0.4, -0.2) is 23.8 Å². The zero-order valence-electron chi connectivity index (χ0n) is 11.6. The predicted octanol–water partition coefficient (Wildman–Crippen LogP) is 2.00. The van der Waals surface area contributed by atoms with Crippen molar-refractivity contribution in [3.8, 4) is 0 Å². The first-order valence-electron chi connectivity index (χ1n) is 7.19. The van der Waals surface area contributed by atoms with Crippen molar-refractivity contribution in [2.75, 3.05) is 7.05 Å². The first-order valence-corrected chi connectivity index (χ1v) is 8.00. The van der Waals surface area contributed by atoms with Crippen molar-refractivity contribution in [3.05, 3.63) is 20.9 Å². The summed E-state index contributed by atoms with van der Waals surface area (Å²) in [6.45, 7) is 0. The number of nitrogens with one attached hydrogen (secondary N) is 1. The Kier molecular flexibility index (Phi) is 3.65. The Balaban J connectivity index is 1.98. The van der Waals surface area contributed by atoms with Crippen molar-refractivity contribution in [3.63, 3.8) is 0 Å². The standard InChI is InChI=1S/C15H19NO3S/c1-16-15(19)13-9-3-2-4-10(17)14(9)20-12(13)7-11(18)8-5-6-8/h8,10,17H,2-7H2,1H3,(H,16,19). The molecule has 1 saturated carbocycles. The lowest BCUT2D eigenvalue weighted by Crippen LogP contribution is -2.22. The van der Waals surface area contributed by atoms with Crippen LogP contribution in [0.5, 0.6) is 0 Å². The molecule has 0 bridgehead atoms. The van der Waals surface area contributed by atoms with Gasteiger partial charge in [-0.1, -0.05) is 0 Å². The van der Waals surface area contributed by atoms with Crippen LogP contribution in [0.3, 0.4) is 0 Å². The Morgan fingerprint density at radius 2 is 2.10 bits per heavy atom. The molecule has 0 aromatic carbocycles. The van der Waals surface area contributed by atoms with Crippen LogP contribution in [0.2, 0.25) is 0 Å². The van der Waals surface area contributed by atoms with Crippen molar-refractivity contribution >= 4 is 23.0 Å². The van der Waals surface area contributed by atoms with Gasteiger partial charge in [0.05, 0.1) is 11.7 Å². The highest BCUT2D eigenvalue weighted by Crippen LogP contribution is 2.41. The average molecular weight is 293 g/mol. The van der Waals surface area contributed by atoms with Crippen LogP contribution in [0.25, 0.3) is 0 Å². The highest BCUT2D eigenvalue weighted by atomic mass is 32.1. The maximum Gasteiger partial charge on any atom is 0.252 e. The number of ketones is 1. The van der Waals surface area contributed by atoms with Gasteiger partial charge in [0.15, 0.2) is 0 Å². The summed E-state index contributed by atoms with van der Waals surface area (Å²) in [5.41, 5.74) is 1.62. The number of hydrogen-bond donors (Lipinski definition) is 2. The van der Waals surface area contributed by atoms with Crippen LogP contribution in [-0.2, 0) is 17.6 Å². The van der Waals surface area contributed by atoms with Crippen molar-refractivity contribution in [1.29, 1.82) is 0 Å². The second kappa shape index (κ2) is 5.30. The number of aliphatic hydroxyl groups is 1. The second-order valence-electron chi connectivity index (χ2n) is 5.65. The summed E-state index contributed by atoms with van der Waals surface area (Å²) in [6.07, 6.45) is 4.31. The monoisotopic (exact) mass is 293 g/mol. The minimum atomic E-state index is -0.475. The van der Waals surface area contributed by atoms with Gasteiger partial charge in [-0.3, -0.25) is 9.59 Å². The van der Waals surface area contributed by atoms with Gasteiger partial charge in [0.2, 0.25) is 0 Å². The topological polar surface area (TPSA) is 66.4 Å². The lowest BCUT2D eigenvalue weighted by Gasteiger charge is -2.17. The van der Waals surface area contributed by atoms with E-state index in [1.165, 1.54) is 11.3 Å². The Morgan fingerprint density at radius 3 is 2.75 bits per heavy atom. The molecule has 1 fully saturated rings. The molecule has 0 saturated heterocycles. The Hall–Kier alpha value is -1.20. The van der Waals surface area contributed by atoms with Crippen LogP contribution < -0.4 is 5.32 Å². The van der Waals surface area contributed by atoms with E-state index in [1.807, 2.05) is 0 Å². The molecule has 0 radical (unpaired) electrons. The molecule has 1 heterocycles. The molecule has 5 heteroatoms. The Labute approximate surface area is 122 Å². The van der Waals surface area contributed by atoms with E-state index in [-0.39, 0.29) is 17.6 Å². The van der Waals surface area contributed by atoms with Gasteiger partial charge in [-0.15, -0.1) is 11.3 Å². The van der Waals surface area contributed by atoms with E-state index in [2.05, 4.69) is 5.32 Å². The maximum atomic E-state index is 12.1. The highest BCUT2D eigenvalue weighted by Gasteiger charge is 2.33. The summed E-state index contributed by atoms with van der Waals surface area (Å²) in [5, 5.41) is 12.8. The molecule has 2 N–H and O–H groups in total. The molecule has 3 rings (SSSR count). The van der Waals surface area contributed by atoms with Crippen molar-refractivity contribution in [2.24, 2.45) is 5.92 Å². The van der Waals surface area contributed by atoms with Crippen LogP contribution in [0, 0.1) is 5.92 Å². The zero-order valence-corrected chi connectivity index (χ0v) is 12.4. The Morgan fingerprint density at radius 1 is 1.35 bits per heavy atom. The van der Waals surface area contributed by atoms with Crippen molar-refractivity contribution in [1.82, 2.24) is 5.32 Å². The SMILES string of the molecule is CNC(=O)c1c(CC(=O)C2CC2)sc2c1CCCC2O. The van der Waals surface area contributed by atoms with Gasteiger partial charge in [0.25, 0.3) is 5.91 Å². The Bertz CT molecular complexity index is 560. The quantitative estimate of drug-likeness (QED) is 0.892. The summed E-state index contributed by atoms with van der Waals surface area (Å²) in [7, 11) is 1.61. The summed E-state index contributed by atoms with van der Waals surface area (Å²) in [5.74, 6) is 0.315. The van der Waals surface area contributed by atoms with Crippen LogP contribution >= 0.6 is 11.3 Å². The van der Waals surface area contributed by atoms with Crippen LogP contribution in [0.4, 0.5) is 0 Å². The zero-order chi connectivity index (χ0) is 14.3. The minimum Gasteiger partial charge on any atom is -0.388 e. The summed E-state index contributed by atoms with van der Waals surface area (Å²) in [4.78, 5) is 25.9. The molecule has 0 spiro atoms. The molecular formula is C15H19NO3S. The molecule has 1 aromatic rings. The third-order valence-electron chi connectivity index (χ3n) is 4.14. The fraction of sp³-hybridized carbons (Fsp3) is 0.600. The van der Waals surface area contributed by atoms with Gasteiger partial charge in [0.1, 0.15) is 5.78 Å². The molecule has 1 amide bonds. The first kappa shape index (κ1) is 13.8. The number of Topliss-reactive ketones (excluding diaryl/α,β-unsaturated/α-hetero) is 1. The number of fused-ring (bicyclic) bond motifs is 1. The number of aliphatic hydroxyl groups excluding tert-OH is 1. The number of carbonyl (C=O) groups excluding carboxylic acids is 2. The van der Waals surface area contributed by atoms with Crippen molar-refractivity contribution in [2.45, 2.75) is 44.6 Å². The molecule has 1 aromatic heterocycles. The van der Waals surface area contributed by atoms with Crippen LogP contribution in [0.15, 0.2) is 0 Å². The fourth-order valence-electron chi connectivity index (χ4n) is 2.88. The normalized spacial score (nSPS) is 21.4. The van der Waals surface area contributed by atoms with E-state index in [0.29, 0.717) is 12.0 Å². The molecule has 20 heavy (non-hydrogen) atoms. The summed E-state index contributed by atoms with van der Waals surface area (Å²) in [6, 6.07) is 0. The number of thiophene rings is 1. The largest absolute Gasteiger partial charge is 0.388 e. The number of amides is 1. The number of rotatable bonds is 4.